The standard InChI is InChI=1S/C26H28N4O3/c1-2-32-24-8-4-3-7-21(24)16-29-17-26(33-25(29)31)11-5-6-20(13-26)15-30-18-28-22-12-19(14-27)9-10-23(22)30/h3-4,7-10,12,18,20H,2,5-6,11,13,15-17H2,1H3. The number of fused-ring (bicyclic) bond motifs is 1. The quantitative estimate of drug-likeness (QED) is 0.541. The fourth-order valence-electron chi connectivity index (χ4n) is 5.34. The summed E-state index contributed by atoms with van der Waals surface area (Å²) in [5.74, 6) is 1.22. The van der Waals surface area contributed by atoms with Crippen LogP contribution in [0.15, 0.2) is 48.8 Å². The summed E-state index contributed by atoms with van der Waals surface area (Å²) < 4.78 is 13.9. The number of carbonyl (C=O) groups excluding carboxylic acids is 1. The fraction of sp³-hybridized carbons (Fsp3) is 0.423. The topological polar surface area (TPSA) is 80.4 Å². The smallest absolute Gasteiger partial charge is 0.410 e. The van der Waals surface area contributed by atoms with Crippen LogP contribution in [0.4, 0.5) is 4.79 Å². The van der Waals surface area contributed by atoms with Gasteiger partial charge in [0.15, 0.2) is 0 Å². The number of imidazole rings is 1. The highest BCUT2D eigenvalue weighted by Gasteiger charge is 2.48. The summed E-state index contributed by atoms with van der Waals surface area (Å²) in [6, 6.07) is 15.7. The lowest BCUT2D eigenvalue weighted by molar-refractivity contribution is 0.00415. The highest BCUT2D eigenvalue weighted by Crippen LogP contribution is 2.41. The van der Waals surface area contributed by atoms with Gasteiger partial charge in [0.1, 0.15) is 11.4 Å². The lowest BCUT2D eigenvalue weighted by Crippen LogP contribution is -2.40. The van der Waals surface area contributed by atoms with E-state index in [9.17, 15) is 4.79 Å². The van der Waals surface area contributed by atoms with Gasteiger partial charge in [0.05, 0.1) is 48.7 Å². The molecule has 2 unspecified atom stereocenters. The van der Waals surface area contributed by atoms with Gasteiger partial charge in [-0.25, -0.2) is 9.78 Å². The van der Waals surface area contributed by atoms with Crippen molar-refractivity contribution in [3.8, 4) is 11.8 Å². The van der Waals surface area contributed by atoms with Crippen molar-refractivity contribution in [2.75, 3.05) is 13.2 Å². The zero-order chi connectivity index (χ0) is 22.8. The minimum Gasteiger partial charge on any atom is -0.494 e. The van der Waals surface area contributed by atoms with Crippen molar-refractivity contribution in [3.05, 3.63) is 59.9 Å². The van der Waals surface area contributed by atoms with E-state index in [0.29, 0.717) is 31.2 Å². The normalized spacial score (nSPS) is 22.5. The SMILES string of the molecule is CCOc1ccccc1CN1CC2(CCCC(Cn3cnc4cc(C#N)ccc43)C2)OC1=O. The van der Waals surface area contributed by atoms with Crippen LogP contribution in [0.25, 0.3) is 11.0 Å². The Morgan fingerprint density at radius 2 is 2.18 bits per heavy atom. The maximum atomic E-state index is 12.8. The average Bonchev–Trinajstić information content (AvgIpc) is 3.35. The predicted octanol–water partition coefficient (Wildman–Crippen LogP) is 4.89. The van der Waals surface area contributed by atoms with Gasteiger partial charge >= 0.3 is 6.09 Å². The maximum absolute atomic E-state index is 12.8. The van der Waals surface area contributed by atoms with Crippen LogP contribution in [0.1, 0.15) is 43.7 Å². The molecule has 0 N–H and O–H groups in total. The van der Waals surface area contributed by atoms with Crippen molar-refractivity contribution in [2.45, 2.75) is 51.3 Å². The van der Waals surface area contributed by atoms with Crippen LogP contribution in [-0.4, -0.2) is 39.3 Å². The minimum absolute atomic E-state index is 0.237. The number of nitriles is 1. The highest BCUT2D eigenvalue weighted by atomic mass is 16.6. The number of benzene rings is 2. The number of nitrogens with zero attached hydrogens (tertiary/aromatic N) is 4. The second kappa shape index (κ2) is 8.78. The molecule has 5 rings (SSSR count). The molecule has 1 saturated carbocycles. The zero-order valence-electron chi connectivity index (χ0n) is 18.9. The van der Waals surface area contributed by atoms with E-state index in [4.69, 9.17) is 14.7 Å². The second-order valence-corrected chi connectivity index (χ2v) is 9.12. The molecule has 2 aliphatic rings. The summed E-state index contributed by atoms with van der Waals surface area (Å²) in [5.41, 5.74) is 3.07. The van der Waals surface area contributed by atoms with E-state index in [1.165, 1.54) is 0 Å². The van der Waals surface area contributed by atoms with Crippen molar-refractivity contribution in [1.82, 2.24) is 14.5 Å². The number of ether oxygens (including phenoxy) is 2. The van der Waals surface area contributed by atoms with E-state index in [2.05, 4.69) is 15.6 Å². The van der Waals surface area contributed by atoms with Gasteiger partial charge in [-0.15, -0.1) is 0 Å². The molecule has 2 aromatic carbocycles. The molecule has 3 aromatic rings. The summed E-state index contributed by atoms with van der Waals surface area (Å²) in [6.45, 7) is 4.49. The molecule has 1 aromatic heterocycles. The molecule has 1 aliphatic carbocycles. The summed E-state index contributed by atoms with van der Waals surface area (Å²) in [6.07, 6.45) is 5.49. The first-order valence-corrected chi connectivity index (χ1v) is 11.6. The van der Waals surface area contributed by atoms with Crippen LogP contribution >= 0.6 is 0 Å². The van der Waals surface area contributed by atoms with Gasteiger partial charge in [0.2, 0.25) is 0 Å². The second-order valence-electron chi connectivity index (χ2n) is 9.12. The number of rotatable bonds is 6. The first-order chi connectivity index (χ1) is 16.1. The van der Waals surface area contributed by atoms with Gasteiger partial charge in [0.25, 0.3) is 0 Å². The first-order valence-electron chi connectivity index (χ1n) is 11.6. The molecule has 170 valence electrons. The molecule has 1 saturated heterocycles. The molecule has 0 radical (unpaired) electrons. The lowest BCUT2D eigenvalue weighted by atomic mass is 9.78. The zero-order valence-corrected chi connectivity index (χ0v) is 18.9. The average molecular weight is 445 g/mol. The number of amides is 1. The highest BCUT2D eigenvalue weighted by molar-refractivity contribution is 5.77. The van der Waals surface area contributed by atoms with Gasteiger partial charge < -0.3 is 14.0 Å². The van der Waals surface area contributed by atoms with Gasteiger partial charge in [0, 0.05) is 12.1 Å². The Morgan fingerprint density at radius 3 is 3.03 bits per heavy atom. The molecule has 7 nitrogen and oxygen atoms in total. The summed E-state index contributed by atoms with van der Waals surface area (Å²) in [5, 5.41) is 9.12. The maximum Gasteiger partial charge on any atom is 0.410 e. The number of para-hydroxylation sites is 1. The molecule has 7 heteroatoms. The van der Waals surface area contributed by atoms with Crippen molar-refractivity contribution in [3.63, 3.8) is 0 Å². The van der Waals surface area contributed by atoms with Crippen LogP contribution in [0, 0.1) is 17.2 Å². The van der Waals surface area contributed by atoms with E-state index in [1.54, 1.807) is 0 Å². The van der Waals surface area contributed by atoms with E-state index in [0.717, 1.165) is 54.6 Å². The third-order valence-corrected chi connectivity index (χ3v) is 6.79. The van der Waals surface area contributed by atoms with Gasteiger partial charge in [-0.3, -0.25) is 4.90 Å². The Balaban J connectivity index is 1.29. The third-order valence-electron chi connectivity index (χ3n) is 6.79. The van der Waals surface area contributed by atoms with Crippen LogP contribution in [0.3, 0.4) is 0 Å². The monoisotopic (exact) mass is 444 g/mol. The summed E-state index contributed by atoms with van der Waals surface area (Å²) >= 11 is 0. The van der Waals surface area contributed by atoms with E-state index in [1.807, 2.05) is 60.6 Å². The number of aromatic nitrogens is 2. The minimum atomic E-state index is -0.426. The molecule has 0 bridgehead atoms. The molecule has 2 heterocycles. The fourth-order valence-corrected chi connectivity index (χ4v) is 5.34. The Hall–Kier alpha value is -3.53. The van der Waals surface area contributed by atoms with E-state index >= 15 is 0 Å². The number of carbonyl (C=O) groups is 1. The van der Waals surface area contributed by atoms with E-state index < -0.39 is 5.60 Å². The molecule has 2 atom stereocenters. The third kappa shape index (κ3) is 4.25. The summed E-state index contributed by atoms with van der Waals surface area (Å²) in [7, 11) is 0. The molecular formula is C26H28N4O3. The number of hydrogen-bond acceptors (Lipinski definition) is 5. The molecule has 1 aliphatic heterocycles. The van der Waals surface area contributed by atoms with Crippen LogP contribution in [0.2, 0.25) is 0 Å². The van der Waals surface area contributed by atoms with E-state index in [-0.39, 0.29) is 6.09 Å². The van der Waals surface area contributed by atoms with Crippen LogP contribution in [-0.2, 0) is 17.8 Å². The van der Waals surface area contributed by atoms with Crippen LogP contribution in [0.5, 0.6) is 5.75 Å². The van der Waals surface area contributed by atoms with Crippen molar-refractivity contribution >= 4 is 17.1 Å². The molecule has 33 heavy (non-hydrogen) atoms. The molecular weight excluding hydrogens is 416 g/mol. The van der Waals surface area contributed by atoms with Crippen molar-refractivity contribution in [1.29, 1.82) is 5.26 Å². The molecule has 1 amide bonds. The number of hydrogen-bond donors (Lipinski definition) is 0. The van der Waals surface area contributed by atoms with Crippen molar-refractivity contribution < 1.29 is 14.3 Å². The van der Waals surface area contributed by atoms with Gasteiger partial charge in [-0.05, 0) is 62.8 Å². The predicted molar refractivity (Wildman–Crippen MR) is 124 cm³/mol. The van der Waals surface area contributed by atoms with Crippen molar-refractivity contribution in [2.24, 2.45) is 5.92 Å². The molecule has 2 fully saturated rings. The lowest BCUT2D eigenvalue weighted by Gasteiger charge is -2.36. The Bertz CT molecular complexity index is 1210. The Morgan fingerprint density at radius 1 is 1.30 bits per heavy atom. The Kier molecular flexibility index (Phi) is 5.67. The Labute approximate surface area is 193 Å². The largest absolute Gasteiger partial charge is 0.494 e. The molecule has 1 spiro atoms. The first kappa shape index (κ1) is 21.3. The van der Waals surface area contributed by atoms with Gasteiger partial charge in [-0.1, -0.05) is 18.2 Å². The summed E-state index contributed by atoms with van der Waals surface area (Å²) in [4.78, 5) is 19.1. The van der Waals surface area contributed by atoms with Crippen LogP contribution < -0.4 is 4.74 Å². The van der Waals surface area contributed by atoms with Gasteiger partial charge in [-0.2, -0.15) is 5.26 Å².